The van der Waals surface area contributed by atoms with Crippen LogP contribution in [0.5, 0.6) is 0 Å². The number of nitrogens with zero attached hydrogens (tertiary/aromatic N) is 1. The molecule has 4 amide bonds. The van der Waals surface area contributed by atoms with Crippen LogP contribution in [0.1, 0.15) is 20.3 Å². The number of hydrogen-bond donors (Lipinski definition) is 4. The highest BCUT2D eigenvalue weighted by Gasteiger charge is 2.35. The number of rotatable bonds is 5. The molecular weight excluding hydrogens is 280 g/mol. The predicted octanol–water partition coefficient (Wildman–Crippen LogP) is -1.52. The fourth-order valence-corrected chi connectivity index (χ4v) is 1.81. The number of nitrogens with one attached hydrogen (secondary N) is 2. The van der Waals surface area contributed by atoms with Gasteiger partial charge in [-0.15, -0.1) is 0 Å². The Morgan fingerprint density at radius 1 is 1.48 bits per heavy atom. The van der Waals surface area contributed by atoms with E-state index in [4.69, 9.17) is 10.8 Å². The summed E-state index contributed by atoms with van der Waals surface area (Å²) in [5, 5.41) is 13.8. The van der Waals surface area contributed by atoms with Gasteiger partial charge in [0.05, 0.1) is 11.8 Å². The first kappa shape index (κ1) is 16.7. The molecule has 9 heteroatoms. The normalized spacial score (nSPS) is 18.9. The summed E-state index contributed by atoms with van der Waals surface area (Å²) in [6.07, 6.45) is -0.474. The minimum Gasteiger partial charge on any atom is -0.481 e. The van der Waals surface area contributed by atoms with Crippen molar-refractivity contribution in [1.82, 2.24) is 15.5 Å². The summed E-state index contributed by atoms with van der Waals surface area (Å²) in [6, 6.07) is -1.65. The van der Waals surface area contributed by atoms with Crippen molar-refractivity contribution >= 4 is 23.8 Å². The van der Waals surface area contributed by atoms with Crippen molar-refractivity contribution in [3.63, 3.8) is 0 Å². The molecule has 0 aromatic carbocycles. The lowest BCUT2D eigenvalue weighted by atomic mass is 9.93. The summed E-state index contributed by atoms with van der Waals surface area (Å²) in [7, 11) is 0. The molecule has 0 saturated carbocycles. The summed E-state index contributed by atoms with van der Waals surface area (Å²) in [4.78, 5) is 46.9. The van der Waals surface area contributed by atoms with Gasteiger partial charge < -0.3 is 26.4 Å². The predicted molar refractivity (Wildman–Crippen MR) is 72.1 cm³/mol. The van der Waals surface area contributed by atoms with Crippen LogP contribution in [0.25, 0.3) is 0 Å². The molecule has 0 radical (unpaired) electrons. The molecule has 1 aliphatic rings. The summed E-state index contributed by atoms with van der Waals surface area (Å²) < 4.78 is 0. The van der Waals surface area contributed by atoms with E-state index in [0.29, 0.717) is 0 Å². The Kier molecular flexibility index (Phi) is 5.12. The second kappa shape index (κ2) is 6.42. The third-order valence-corrected chi connectivity index (χ3v) is 3.31. The summed E-state index contributed by atoms with van der Waals surface area (Å²) >= 11 is 0. The van der Waals surface area contributed by atoms with Crippen LogP contribution in [0, 0.1) is 5.41 Å². The lowest BCUT2D eigenvalue weighted by molar-refractivity contribution is -0.142. The van der Waals surface area contributed by atoms with E-state index >= 15 is 0 Å². The number of piperazine rings is 1. The average molecular weight is 300 g/mol. The number of hydrogen-bond acceptors (Lipinski definition) is 4. The van der Waals surface area contributed by atoms with E-state index in [0.717, 1.165) is 4.90 Å². The van der Waals surface area contributed by atoms with E-state index in [1.807, 2.05) is 0 Å². The fourth-order valence-electron chi connectivity index (χ4n) is 1.81. The number of carbonyl (C=O) groups is 4. The summed E-state index contributed by atoms with van der Waals surface area (Å²) in [5.41, 5.74) is 4.27. The lowest BCUT2D eigenvalue weighted by Gasteiger charge is -2.35. The molecule has 1 fully saturated rings. The number of aliphatic carboxylic acids is 1. The van der Waals surface area contributed by atoms with Gasteiger partial charge in [0.25, 0.3) is 0 Å². The van der Waals surface area contributed by atoms with Gasteiger partial charge in [0, 0.05) is 19.6 Å². The van der Waals surface area contributed by atoms with Crippen molar-refractivity contribution in [3.8, 4) is 0 Å². The zero-order chi connectivity index (χ0) is 16.2. The molecule has 1 heterocycles. The molecule has 1 aliphatic heterocycles. The zero-order valence-electron chi connectivity index (χ0n) is 12.0. The third kappa shape index (κ3) is 4.33. The van der Waals surface area contributed by atoms with Gasteiger partial charge in [0.2, 0.25) is 11.8 Å². The minimum absolute atomic E-state index is 0.000916. The number of carboxylic acid groups (broad SMARTS) is 1. The first-order valence-electron chi connectivity index (χ1n) is 6.49. The van der Waals surface area contributed by atoms with Gasteiger partial charge in [0.1, 0.15) is 6.04 Å². The van der Waals surface area contributed by atoms with Crippen LogP contribution >= 0.6 is 0 Å². The number of carbonyl (C=O) groups excluding carboxylic acids is 3. The molecule has 1 saturated heterocycles. The van der Waals surface area contributed by atoms with Crippen LogP contribution in [0.4, 0.5) is 4.79 Å². The van der Waals surface area contributed by atoms with Gasteiger partial charge >= 0.3 is 12.0 Å². The molecule has 5 N–H and O–H groups in total. The van der Waals surface area contributed by atoms with Crippen LogP contribution < -0.4 is 16.4 Å². The smallest absolute Gasteiger partial charge is 0.318 e. The molecule has 0 aromatic heterocycles. The van der Waals surface area contributed by atoms with E-state index in [1.54, 1.807) is 13.8 Å². The Labute approximate surface area is 121 Å². The number of nitrogens with two attached hydrogens (primary N) is 1. The lowest BCUT2D eigenvalue weighted by Crippen LogP contribution is -2.60. The summed E-state index contributed by atoms with van der Waals surface area (Å²) in [6.45, 7) is 3.60. The largest absolute Gasteiger partial charge is 0.481 e. The second-order valence-electron chi connectivity index (χ2n) is 5.50. The molecular formula is C12H20N4O5. The van der Waals surface area contributed by atoms with Crippen molar-refractivity contribution in [2.75, 3.05) is 19.6 Å². The van der Waals surface area contributed by atoms with Gasteiger partial charge in [-0.1, -0.05) is 0 Å². The Morgan fingerprint density at radius 3 is 2.62 bits per heavy atom. The molecule has 0 aliphatic carbocycles. The molecule has 1 atom stereocenters. The van der Waals surface area contributed by atoms with Crippen LogP contribution in [-0.2, 0) is 14.4 Å². The molecule has 118 valence electrons. The van der Waals surface area contributed by atoms with Crippen LogP contribution in [0.15, 0.2) is 0 Å². The van der Waals surface area contributed by atoms with Gasteiger partial charge in [-0.25, -0.2) is 4.79 Å². The number of urea groups is 1. The highest BCUT2D eigenvalue weighted by molar-refractivity contribution is 5.91. The first-order valence-corrected chi connectivity index (χ1v) is 6.49. The Morgan fingerprint density at radius 2 is 2.10 bits per heavy atom. The van der Waals surface area contributed by atoms with E-state index in [1.165, 1.54) is 0 Å². The second-order valence-corrected chi connectivity index (χ2v) is 5.50. The molecule has 0 spiro atoms. The third-order valence-electron chi connectivity index (χ3n) is 3.31. The highest BCUT2D eigenvalue weighted by atomic mass is 16.4. The van der Waals surface area contributed by atoms with Gasteiger partial charge in [0.15, 0.2) is 0 Å². The van der Waals surface area contributed by atoms with Crippen molar-refractivity contribution in [2.45, 2.75) is 26.3 Å². The van der Waals surface area contributed by atoms with E-state index in [-0.39, 0.29) is 19.6 Å². The quantitative estimate of drug-likeness (QED) is 0.488. The highest BCUT2D eigenvalue weighted by Crippen LogP contribution is 2.13. The number of carboxylic acids is 1. The Balaban J connectivity index is 2.72. The fraction of sp³-hybridized carbons (Fsp3) is 0.667. The van der Waals surface area contributed by atoms with E-state index in [9.17, 15) is 19.2 Å². The zero-order valence-corrected chi connectivity index (χ0v) is 12.0. The Bertz CT molecular complexity index is 463. The van der Waals surface area contributed by atoms with Crippen LogP contribution in [0.2, 0.25) is 0 Å². The van der Waals surface area contributed by atoms with Gasteiger partial charge in [-0.3, -0.25) is 14.4 Å². The molecule has 1 rings (SSSR count). The first-order chi connectivity index (χ1) is 9.65. The van der Waals surface area contributed by atoms with E-state index < -0.39 is 41.7 Å². The number of primary amides is 1. The van der Waals surface area contributed by atoms with Crippen molar-refractivity contribution in [2.24, 2.45) is 11.1 Å². The monoisotopic (exact) mass is 300 g/mol. The SMILES string of the molecule is CC(C)(CNC(=O)N1CCNC(=O)C1CC(=O)O)C(N)=O. The van der Waals surface area contributed by atoms with Crippen molar-refractivity contribution in [1.29, 1.82) is 0 Å². The maximum atomic E-state index is 12.1. The van der Waals surface area contributed by atoms with E-state index in [2.05, 4.69) is 10.6 Å². The number of amides is 4. The van der Waals surface area contributed by atoms with Crippen LogP contribution in [-0.4, -0.2) is 59.5 Å². The average Bonchev–Trinajstić information content (AvgIpc) is 2.37. The molecule has 0 bridgehead atoms. The molecule has 9 nitrogen and oxygen atoms in total. The topological polar surface area (TPSA) is 142 Å². The maximum Gasteiger partial charge on any atom is 0.318 e. The van der Waals surface area contributed by atoms with Gasteiger partial charge in [-0.05, 0) is 13.8 Å². The van der Waals surface area contributed by atoms with Crippen molar-refractivity contribution in [3.05, 3.63) is 0 Å². The van der Waals surface area contributed by atoms with Crippen molar-refractivity contribution < 1.29 is 24.3 Å². The molecule has 0 aromatic rings. The standard InChI is InChI=1S/C12H20N4O5/c1-12(2,10(13)20)6-15-11(21)16-4-3-14-9(19)7(16)5-8(17)18/h7H,3-6H2,1-2H3,(H2,13,20)(H,14,19)(H,15,21)(H,17,18). The molecule has 21 heavy (non-hydrogen) atoms. The Hall–Kier alpha value is -2.32. The van der Waals surface area contributed by atoms with Gasteiger partial charge in [-0.2, -0.15) is 0 Å². The minimum atomic E-state index is -1.17. The summed E-state index contributed by atoms with van der Waals surface area (Å²) in [5.74, 6) is -2.25. The molecule has 1 unspecified atom stereocenters. The van der Waals surface area contributed by atoms with Crippen LogP contribution in [0.3, 0.4) is 0 Å². The maximum absolute atomic E-state index is 12.1.